The Balaban J connectivity index is 2.00. The lowest BCUT2D eigenvalue weighted by Crippen LogP contribution is -2.40. The van der Waals surface area contributed by atoms with E-state index in [0.717, 1.165) is 36.3 Å². The van der Waals surface area contributed by atoms with Gasteiger partial charge in [-0.25, -0.2) is 0 Å². The van der Waals surface area contributed by atoms with Crippen LogP contribution >= 0.6 is 0 Å². The number of likely N-dealkylation sites (tertiary alicyclic amines) is 1. The Morgan fingerprint density at radius 2 is 2.06 bits per heavy atom. The number of rotatable bonds is 4. The number of hydrogen-bond acceptors (Lipinski definition) is 2. The zero-order valence-electron chi connectivity index (χ0n) is 10.7. The largest absolute Gasteiger partial charge is 0.497 e. The highest BCUT2D eigenvalue weighted by atomic mass is 16.5. The molecule has 0 amide bonds. The molecule has 1 saturated heterocycles. The van der Waals surface area contributed by atoms with Crippen molar-refractivity contribution in [3.05, 3.63) is 29.8 Å². The van der Waals surface area contributed by atoms with Gasteiger partial charge in [0.1, 0.15) is 12.3 Å². The summed E-state index contributed by atoms with van der Waals surface area (Å²) in [5.41, 5.74) is 1.34. The number of aliphatic hydroxyl groups is 1. The molecule has 1 aliphatic heterocycles. The van der Waals surface area contributed by atoms with Crippen molar-refractivity contribution in [3.63, 3.8) is 0 Å². The third-order valence-corrected chi connectivity index (χ3v) is 3.76. The summed E-state index contributed by atoms with van der Waals surface area (Å²) in [7, 11) is 3.97. The van der Waals surface area contributed by atoms with Crippen LogP contribution in [-0.2, 0) is 6.54 Å². The van der Waals surface area contributed by atoms with E-state index in [1.807, 2.05) is 12.1 Å². The van der Waals surface area contributed by atoms with Crippen LogP contribution in [0.5, 0.6) is 5.75 Å². The van der Waals surface area contributed by atoms with Gasteiger partial charge in [-0.05, 0) is 24.3 Å². The first-order chi connectivity index (χ1) is 8.15. The fourth-order valence-electron chi connectivity index (χ4n) is 2.76. The average Bonchev–Trinajstić information content (AvgIpc) is 2.72. The standard InChI is InChI=1S/C14H22NO2/c1-15(8-7-13(10-15)11-16)9-12-3-5-14(17-2)6-4-12/h3-6,13,16H,7-11H2,1-2H3/q+1. The Bertz CT molecular complexity index is 363. The Morgan fingerprint density at radius 1 is 1.35 bits per heavy atom. The fraction of sp³-hybridized carbons (Fsp3) is 0.571. The third kappa shape index (κ3) is 2.99. The van der Waals surface area contributed by atoms with E-state index in [4.69, 9.17) is 4.74 Å². The lowest BCUT2D eigenvalue weighted by atomic mass is 10.1. The van der Waals surface area contributed by atoms with Crippen molar-refractivity contribution in [3.8, 4) is 5.75 Å². The van der Waals surface area contributed by atoms with Gasteiger partial charge in [-0.15, -0.1) is 0 Å². The molecule has 0 radical (unpaired) electrons. The molecular weight excluding hydrogens is 214 g/mol. The number of hydrogen-bond donors (Lipinski definition) is 1. The molecule has 0 aromatic heterocycles. The summed E-state index contributed by atoms with van der Waals surface area (Å²) in [5, 5.41) is 9.21. The molecule has 3 nitrogen and oxygen atoms in total. The van der Waals surface area contributed by atoms with E-state index in [0.29, 0.717) is 12.5 Å². The van der Waals surface area contributed by atoms with Gasteiger partial charge in [0.05, 0.1) is 33.9 Å². The molecule has 1 aliphatic rings. The highest BCUT2D eigenvalue weighted by Crippen LogP contribution is 2.25. The first-order valence-corrected chi connectivity index (χ1v) is 6.22. The summed E-state index contributed by atoms with van der Waals surface area (Å²) in [6, 6.07) is 8.30. The summed E-state index contributed by atoms with van der Waals surface area (Å²) < 4.78 is 6.20. The maximum Gasteiger partial charge on any atom is 0.118 e. The van der Waals surface area contributed by atoms with Gasteiger partial charge in [-0.1, -0.05) is 0 Å². The molecule has 1 aromatic carbocycles. The van der Waals surface area contributed by atoms with Gasteiger partial charge in [0.25, 0.3) is 0 Å². The summed E-state index contributed by atoms with van der Waals surface area (Å²) in [5.74, 6) is 1.39. The number of nitrogens with zero attached hydrogens (tertiary/aromatic N) is 1. The number of quaternary nitrogens is 1. The first-order valence-electron chi connectivity index (χ1n) is 6.22. The molecule has 0 bridgehead atoms. The number of benzene rings is 1. The predicted octanol–water partition coefficient (Wildman–Crippen LogP) is 1.65. The summed E-state index contributed by atoms with van der Waals surface area (Å²) in [6.45, 7) is 3.62. The lowest BCUT2D eigenvalue weighted by molar-refractivity contribution is -0.912. The molecule has 1 N–H and O–H groups in total. The van der Waals surface area contributed by atoms with Crippen LogP contribution in [0.3, 0.4) is 0 Å². The van der Waals surface area contributed by atoms with Crippen molar-refractivity contribution < 1.29 is 14.3 Å². The van der Waals surface area contributed by atoms with Gasteiger partial charge in [0, 0.05) is 17.9 Å². The molecule has 2 rings (SSSR count). The lowest BCUT2D eigenvalue weighted by Gasteiger charge is -2.29. The van der Waals surface area contributed by atoms with Crippen molar-refractivity contribution in [2.24, 2.45) is 5.92 Å². The second-order valence-corrected chi connectivity index (χ2v) is 5.37. The zero-order chi connectivity index (χ0) is 12.3. The van der Waals surface area contributed by atoms with Crippen molar-refractivity contribution in [2.75, 3.05) is 33.9 Å². The Kier molecular flexibility index (Phi) is 3.69. The monoisotopic (exact) mass is 236 g/mol. The van der Waals surface area contributed by atoms with Crippen molar-refractivity contribution in [2.45, 2.75) is 13.0 Å². The van der Waals surface area contributed by atoms with Gasteiger partial charge in [-0.3, -0.25) is 0 Å². The Morgan fingerprint density at radius 3 is 2.59 bits per heavy atom. The SMILES string of the molecule is COc1ccc(C[N+]2(C)CCC(CO)C2)cc1. The van der Waals surface area contributed by atoms with E-state index in [-0.39, 0.29) is 0 Å². The molecule has 0 saturated carbocycles. The molecule has 0 spiro atoms. The van der Waals surface area contributed by atoms with Crippen LogP contribution in [0, 0.1) is 5.92 Å². The van der Waals surface area contributed by atoms with Gasteiger partial charge in [0.2, 0.25) is 0 Å². The molecule has 1 heterocycles. The van der Waals surface area contributed by atoms with E-state index in [2.05, 4.69) is 19.2 Å². The molecule has 94 valence electrons. The highest BCUT2D eigenvalue weighted by Gasteiger charge is 2.33. The molecule has 1 fully saturated rings. The van der Waals surface area contributed by atoms with Gasteiger partial charge < -0.3 is 14.3 Å². The fourth-order valence-corrected chi connectivity index (χ4v) is 2.76. The van der Waals surface area contributed by atoms with Crippen molar-refractivity contribution in [1.29, 1.82) is 0 Å². The highest BCUT2D eigenvalue weighted by molar-refractivity contribution is 5.26. The van der Waals surface area contributed by atoms with Gasteiger partial charge in [-0.2, -0.15) is 0 Å². The van der Waals surface area contributed by atoms with Crippen LogP contribution in [0.1, 0.15) is 12.0 Å². The molecule has 3 heteroatoms. The maximum absolute atomic E-state index is 9.21. The zero-order valence-corrected chi connectivity index (χ0v) is 10.7. The summed E-state index contributed by atoms with van der Waals surface area (Å²) >= 11 is 0. The molecule has 2 unspecified atom stereocenters. The summed E-state index contributed by atoms with van der Waals surface area (Å²) in [4.78, 5) is 0. The second kappa shape index (κ2) is 5.07. The van der Waals surface area contributed by atoms with Crippen LogP contribution in [0.25, 0.3) is 0 Å². The molecular formula is C14H22NO2+. The van der Waals surface area contributed by atoms with Crippen LogP contribution in [0.4, 0.5) is 0 Å². The normalized spacial score (nSPS) is 28.3. The first kappa shape index (κ1) is 12.4. The van der Waals surface area contributed by atoms with E-state index in [1.165, 1.54) is 5.56 Å². The van der Waals surface area contributed by atoms with Gasteiger partial charge >= 0.3 is 0 Å². The predicted molar refractivity (Wildman–Crippen MR) is 67.8 cm³/mol. The maximum atomic E-state index is 9.21. The van der Waals surface area contributed by atoms with E-state index >= 15 is 0 Å². The minimum Gasteiger partial charge on any atom is -0.497 e. The average molecular weight is 236 g/mol. The smallest absolute Gasteiger partial charge is 0.118 e. The molecule has 0 aliphatic carbocycles. The third-order valence-electron chi connectivity index (χ3n) is 3.76. The van der Waals surface area contributed by atoms with Crippen LogP contribution < -0.4 is 4.74 Å². The minimum atomic E-state index is 0.330. The van der Waals surface area contributed by atoms with Gasteiger partial charge in [0.15, 0.2) is 0 Å². The van der Waals surface area contributed by atoms with Crippen molar-refractivity contribution in [1.82, 2.24) is 0 Å². The van der Waals surface area contributed by atoms with E-state index in [9.17, 15) is 5.11 Å². The quantitative estimate of drug-likeness (QED) is 0.806. The molecule has 17 heavy (non-hydrogen) atoms. The Hall–Kier alpha value is -1.06. The van der Waals surface area contributed by atoms with E-state index < -0.39 is 0 Å². The van der Waals surface area contributed by atoms with Crippen LogP contribution in [-0.4, -0.2) is 43.4 Å². The molecule has 2 atom stereocenters. The van der Waals surface area contributed by atoms with Crippen LogP contribution in [0.2, 0.25) is 0 Å². The number of aliphatic hydroxyl groups excluding tert-OH is 1. The minimum absolute atomic E-state index is 0.330. The molecule has 1 aromatic rings. The topological polar surface area (TPSA) is 29.5 Å². The second-order valence-electron chi connectivity index (χ2n) is 5.37. The number of ether oxygens (including phenoxy) is 1. The van der Waals surface area contributed by atoms with Crippen LogP contribution in [0.15, 0.2) is 24.3 Å². The Labute approximate surface area is 103 Å². The van der Waals surface area contributed by atoms with E-state index in [1.54, 1.807) is 7.11 Å². The summed E-state index contributed by atoms with van der Waals surface area (Å²) in [6.07, 6.45) is 1.14. The number of methoxy groups -OCH3 is 1. The van der Waals surface area contributed by atoms with Crippen molar-refractivity contribution >= 4 is 0 Å².